The van der Waals surface area contributed by atoms with Crippen molar-refractivity contribution in [3.63, 3.8) is 0 Å². The molecule has 0 heterocycles. The van der Waals surface area contributed by atoms with Crippen molar-refractivity contribution in [2.24, 2.45) is 0 Å². The number of carbonyl (C=O) groups is 1. The normalized spacial score (nSPS) is 15.4. The van der Waals surface area contributed by atoms with E-state index in [1.165, 1.54) is 0 Å². The van der Waals surface area contributed by atoms with E-state index in [-0.39, 0.29) is 12.5 Å². The minimum absolute atomic E-state index is 0.0182. The number of aliphatic hydroxyl groups is 1. The van der Waals surface area contributed by atoms with Crippen LogP contribution < -0.4 is 5.32 Å². The first-order chi connectivity index (χ1) is 10.6. The molecule has 0 aliphatic heterocycles. The monoisotopic (exact) mass is 315 g/mol. The highest BCUT2D eigenvalue weighted by atomic mass is 35.5. The number of hydrogen-bond donors (Lipinski definition) is 2. The van der Waals surface area contributed by atoms with Crippen LogP contribution in [0, 0.1) is 0 Å². The Hall–Kier alpha value is -1.84. The van der Waals surface area contributed by atoms with Crippen molar-refractivity contribution in [2.45, 2.75) is 24.7 Å². The average Bonchev–Trinajstić information content (AvgIpc) is 3.31. The second-order valence-corrected chi connectivity index (χ2v) is 6.15. The Kier molecular flexibility index (Phi) is 4.19. The smallest absolute Gasteiger partial charge is 0.235 e. The summed E-state index contributed by atoms with van der Waals surface area (Å²) in [6.07, 6.45) is 2.32. The lowest BCUT2D eigenvalue weighted by molar-refractivity contribution is -0.118. The quantitative estimate of drug-likeness (QED) is 0.886. The predicted molar refractivity (Wildman–Crippen MR) is 88.2 cm³/mol. The lowest BCUT2D eigenvalue weighted by Gasteiger charge is -2.16. The molecule has 0 aromatic heterocycles. The van der Waals surface area contributed by atoms with Crippen LogP contribution in [0.4, 0.5) is 5.69 Å². The van der Waals surface area contributed by atoms with E-state index in [2.05, 4.69) is 5.32 Å². The van der Waals surface area contributed by atoms with Crippen LogP contribution in [-0.2, 0) is 16.6 Å². The molecule has 0 unspecified atom stereocenters. The first-order valence-corrected chi connectivity index (χ1v) is 7.79. The van der Waals surface area contributed by atoms with E-state index in [0.29, 0.717) is 11.4 Å². The van der Waals surface area contributed by atoms with Gasteiger partial charge in [-0.05, 0) is 54.7 Å². The summed E-state index contributed by atoms with van der Waals surface area (Å²) in [4.78, 5) is 12.6. The number of benzene rings is 2. The molecule has 114 valence electrons. The third-order valence-corrected chi connectivity index (χ3v) is 4.41. The van der Waals surface area contributed by atoms with E-state index in [9.17, 15) is 4.79 Å². The molecular weight excluding hydrogens is 298 g/mol. The fourth-order valence-electron chi connectivity index (χ4n) is 2.69. The summed E-state index contributed by atoms with van der Waals surface area (Å²) < 4.78 is 0. The Morgan fingerprint density at radius 2 is 1.91 bits per heavy atom. The number of anilines is 1. The molecule has 0 bridgehead atoms. The number of carbonyl (C=O) groups excluding carboxylic acids is 1. The molecule has 22 heavy (non-hydrogen) atoms. The van der Waals surface area contributed by atoms with Gasteiger partial charge in [0.05, 0.1) is 5.41 Å². The van der Waals surface area contributed by atoms with E-state index in [0.717, 1.165) is 29.7 Å². The maximum atomic E-state index is 12.6. The zero-order valence-electron chi connectivity index (χ0n) is 12.2. The maximum absolute atomic E-state index is 12.6. The summed E-state index contributed by atoms with van der Waals surface area (Å²) in [6.45, 7) is 0.129. The van der Waals surface area contributed by atoms with E-state index in [4.69, 9.17) is 16.7 Å². The van der Waals surface area contributed by atoms with Crippen molar-refractivity contribution in [3.05, 3.63) is 64.7 Å². The van der Waals surface area contributed by atoms with Gasteiger partial charge in [-0.3, -0.25) is 4.79 Å². The molecule has 1 aliphatic carbocycles. The van der Waals surface area contributed by atoms with Gasteiger partial charge in [0.2, 0.25) is 5.91 Å². The lowest BCUT2D eigenvalue weighted by Crippen LogP contribution is -2.27. The summed E-state index contributed by atoms with van der Waals surface area (Å²) in [5.74, 6) is 0.0182. The lowest BCUT2D eigenvalue weighted by atomic mass is 9.95. The third-order valence-electron chi connectivity index (χ3n) is 4.17. The van der Waals surface area contributed by atoms with Gasteiger partial charge in [-0.25, -0.2) is 0 Å². The van der Waals surface area contributed by atoms with Gasteiger partial charge < -0.3 is 10.4 Å². The molecule has 4 heteroatoms. The molecule has 1 saturated carbocycles. The molecule has 2 aromatic rings. The highest BCUT2D eigenvalue weighted by Crippen LogP contribution is 2.49. The van der Waals surface area contributed by atoms with Crippen LogP contribution in [0.15, 0.2) is 48.5 Å². The SMILES string of the molecule is O=C(Nc1ccc(CCO)cc1)C1(c2cccc(Cl)c2)CC1. The number of halogens is 1. The van der Waals surface area contributed by atoms with Crippen LogP contribution in [0.3, 0.4) is 0 Å². The standard InChI is InChI=1S/C18H18ClNO2/c19-15-3-1-2-14(12-15)18(9-10-18)17(22)20-16-6-4-13(5-7-16)8-11-21/h1-7,12,21H,8-11H2,(H,20,22). The van der Waals surface area contributed by atoms with Crippen LogP contribution in [-0.4, -0.2) is 17.6 Å². The zero-order valence-corrected chi connectivity index (χ0v) is 12.9. The predicted octanol–water partition coefficient (Wildman–Crippen LogP) is 3.55. The Morgan fingerprint density at radius 1 is 1.18 bits per heavy atom. The summed E-state index contributed by atoms with van der Waals surface area (Å²) >= 11 is 6.04. The van der Waals surface area contributed by atoms with Gasteiger partial charge in [0, 0.05) is 17.3 Å². The van der Waals surface area contributed by atoms with E-state index >= 15 is 0 Å². The van der Waals surface area contributed by atoms with Gasteiger partial charge in [0.1, 0.15) is 0 Å². The van der Waals surface area contributed by atoms with E-state index < -0.39 is 5.41 Å². The van der Waals surface area contributed by atoms with Crippen LogP contribution in [0.25, 0.3) is 0 Å². The molecule has 2 N–H and O–H groups in total. The van der Waals surface area contributed by atoms with Crippen molar-refractivity contribution >= 4 is 23.2 Å². The van der Waals surface area contributed by atoms with Crippen LogP contribution in [0.2, 0.25) is 5.02 Å². The minimum Gasteiger partial charge on any atom is -0.396 e. The van der Waals surface area contributed by atoms with Gasteiger partial charge in [-0.2, -0.15) is 0 Å². The number of rotatable bonds is 5. The highest BCUT2D eigenvalue weighted by molar-refractivity contribution is 6.30. The summed E-state index contributed by atoms with van der Waals surface area (Å²) in [5.41, 5.74) is 2.38. The van der Waals surface area contributed by atoms with E-state index in [1.807, 2.05) is 48.5 Å². The Morgan fingerprint density at radius 3 is 2.50 bits per heavy atom. The largest absolute Gasteiger partial charge is 0.396 e. The highest BCUT2D eigenvalue weighted by Gasteiger charge is 2.51. The Balaban J connectivity index is 1.74. The number of nitrogens with one attached hydrogen (secondary N) is 1. The number of aliphatic hydroxyl groups excluding tert-OH is 1. The van der Waals surface area contributed by atoms with Crippen LogP contribution in [0.5, 0.6) is 0 Å². The second-order valence-electron chi connectivity index (χ2n) is 5.72. The van der Waals surface area contributed by atoms with Crippen molar-refractivity contribution in [1.82, 2.24) is 0 Å². The van der Waals surface area contributed by atoms with Crippen molar-refractivity contribution < 1.29 is 9.90 Å². The summed E-state index contributed by atoms with van der Waals surface area (Å²) in [5, 5.41) is 12.6. The first kappa shape index (κ1) is 15.1. The molecule has 1 amide bonds. The maximum Gasteiger partial charge on any atom is 0.235 e. The van der Waals surface area contributed by atoms with Crippen molar-refractivity contribution in [2.75, 3.05) is 11.9 Å². The third kappa shape index (κ3) is 3.01. The average molecular weight is 316 g/mol. The number of hydrogen-bond acceptors (Lipinski definition) is 2. The van der Waals surface area contributed by atoms with Gasteiger partial charge in [0.25, 0.3) is 0 Å². The topological polar surface area (TPSA) is 49.3 Å². The molecule has 0 saturated heterocycles. The van der Waals surface area contributed by atoms with Crippen LogP contribution in [0.1, 0.15) is 24.0 Å². The number of amides is 1. The molecule has 3 rings (SSSR count). The van der Waals surface area contributed by atoms with Crippen molar-refractivity contribution in [3.8, 4) is 0 Å². The molecule has 2 aromatic carbocycles. The first-order valence-electron chi connectivity index (χ1n) is 7.41. The van der Waals surface area contributed by atoms with Crippen molar-refractivity contribution in [1.29, 1.82) is 0 Å². The fraction of sp³-hybridized carbons (Fsp3) is 0.278. The van der Waals surface area contributed by atoms with Gasteiger partial charge >= 0.3 is 0 Å². The molecule has 0 atom stereocenters. The molecule has 0 radical (unpaired) electrons. The zero-order chi connectivity index (χ0) is 15.6. The molecule has 3 nitrogen and oxygen atoms in total. The molecule has 1 fully saturated rings. The fourth-order valence-corrected chi connectivity index (χ4v) is 2.88. The Bertz CT molecular complexity index is 678. The molecular formula is C18H18ClNO2. The summed E-state index contributed by atoms with van der Waals surface area (Å²) in [6, 6.07) is 15.1. The van der Waals surface area contributed by atoms with Gasteiger partial charge in [-0.1, -0.05) is 35.9 Å². The molecule has 1 aliphatic rings. The minimum atomic E-state index is -0.436. The van der Waals surface area contributed by atoms with Gasteiger partial charge in [0.15, 0.2) is 0 Å². The molecule has 0 spiro atoms. The Labute approximate surface area is 134 Å². The van der Waals surface area contributed by atoms with E-state index in [1.54, 1.807) is 0 Å². The van der Waals surface area contributed by atoms with Gasteiger partial charge in [-0.15, -0.1) is 0 Å². The summed E-state index contributed by atoms with van der Waals surface area (Å²) in [7, 11) is 0. The van der Waals surface area contributed by atoms with Crippen LogP contribution >= 0.6 is 11.6 Å². The second kappa shape index (κ2) is 6.11.